The summed E-state index contributed by atoms with van der Waals surface area (Å²) < 4.78 is 0. The largest absolute Gasteiger partial charge is 0.341 e. The summed E-state index contributed by atoms with van der Waals surface area (Å²) in [4.78, 5) is 12.1. The van der Waals surface area contributed by atoms with Gasteiger partial charge < -0.3 is 4.98 Å². The van der Waals surface area contributed by atoms with E-state index in [4.69, 9.17) is 0 Å². The topological polar surface area (TPSA) is 41.6 Å². The van der Waals surface area contributed by atoms with Gasteiger partial charge in [-0.3, -0.25) is 0 Å². The molecule has 15 heavy (non-hydrogen) atoms. The molecule has 2 aromatic heterocycles. The summed E-state index contributed by atoms with van der Waals surface area (Å²) in [6.45, 7) is 0. The summed E-state index contributed by atoms with van der Waals surface area (Å²) in [5, 5.41) is 0.755. The van der Waals surface area contributed by atoms with Gasteiger partial charge in [-0.1, -0.05) is 0 Å². The van der Waals surface area contributed by atoms with Crippen LogP contribution in [-0.4, -0.2) is 26.0 Å². The van der Waals surface area contributed by atoms with Gasteiger partial charge in [0, 0.05) is 17.9 Å². The molecule has 0 saturated carbocycles. The maximum atomic E-state index is 4.50. The first-order valence-corrected chi connectivity index (χ1v) is 6.38. The number of hydrogen-bond acceptors (Lipinski definition) is 3. The Bertz CT molecular complexity index is 427. The van der Waals surface area contributed by atoms with Crippen LogP contribution in [-0.2, 0) is 6.42 Å². The second kappa shape index (κ2) is 3.85. The van der Waals surface area contributed by atoms with Crippen LogP contribution in [0.3, 0.4) is 0 Å². The quantitative estimate of drug-likeness (QED) is 0.843. The van der Waals surface area contributed by atoms with Crippen molar-refractivity contribution in [2.24, 2.45) is 0 Å². The zero-order chi connectivity index (χ0) is 10.1. The molecule has 1 fully saturated rings. The van der Waals surface area contributed by atoms with Gasteiger partial charge in [-0.25, -0.2) is 9.97 Å². The van der Waals surface area contributed by atoms with E-state index in [0.29, 0.717) is 0 Å². The van der Waals surface area contributed by atoms with Crippen molar-refractivity contribution in [1.82, 2.24) is 15.0 Å². The summed E-state index contributed by atoms with van der Waals surface area (Å²) in [6.07, 6.45) is 5.53. The Kier molecular flexibility index (Phi) is 2.37. The van der Waals surface area contributed by atoms with Crippen molar-refractivity contribution >= 4 is 22.9 Å². The molecule has 0 amide bonds. The lowest BCUT2D eigenvalue weighted by Crippen LogP contribution is -2.03. The van der Waals surface area contributed by atoms with Crippen LogP contribution in [0, 0.1) is 0 Å². The average Bonchev–Trinajstić information content (AvgIpc) is 2.86. The fraction of sp³-hybridized carbons (Fsp3) is 0.455. The van der Waals surface area contributed by atoms with Crippen molar-refractivity contribution < 1.29 is 0 Å². The summed E-state index contributed by atoms with van der Waals surface area (Å²) in [7, 11) is 0. The highest BCUT2D eigenvalue weighted by Gasteiger charge is 2.17. The normalized spacial score (nSPS) is 21.2. The van der Waals surface area contributed by atoms with Crippen molar-refractivity contribution in [2.75, 3.05) is 5.75 Å². The Morgan fingerprint density at radius 2 is 2.53 bits per heavy atom. The molecule has 1 unspecified atom stereocenters. The molecule has 78 valence electrons. The van der Waals surface area contributed by atoms with Gasteiger partial charge in [0.2, 0.25) is 0 Å². The number of aromatic amines is 1. The second-order valence-electron chi connectivity index (χ2n) is 3.90. The van der Waals surface area contributed by atoms with E-state index in [2.05, 4.69) is 26.7 Å². The molecular weight excluding hydrogens is 206 g/mol. The van der Waals surface area contributed by atoms with E-state index in [0.717, 1.165) is 28.7 Å². The Morgan fingerprint density at radius 1 is 1.53 bits per heavy atom. The summed E-state index contributed by atoms with van der Waals surface area (Å²) >= 11 is 2.07. The summed E-state index contributed by atoms with van der Waals surface area (Å²) in [5.74, 6) is 2.39. The third-order valence-electron chi connectivity index (χ3n) is 2.75. The van der Waals surface area contributed by atoms with E-state index < -0.39 is 0 Å². The van der Waals surface area contributed by atoms with Gasteiger partial charge in [0.15, 0.2) is 5.65 Å². The minimum absolute atomic E-state index is 0.755. The van der Waals surface area contributed by atoms with E-state index in [-0.39, 0.29) is 0 Å². The minimum Gasteiger partial charge on any atom is -0.341 e. The Morgan fingerprint density at radius 3 is 3.33 bits per heavy atom. The van der Waals surface area contributed by atoms with E-state index >= 15 is 0 Å². The summed E-state index contributed by atoms with van der Waals surface area (Å²) in [6, 6.07) is 3.97. The predicted molar refractivity (Wildman–Crippen MR) is 63.1 cm³/mol. The third-order valence-corrected chi connectivity index (χ3v) is 4.15. The number of fused-ring (bicyclic) bond motifs is 1. The number of hydrogen-bond donors (Lipinski definition) is 1. The first-order chi connectivity index (χ1) is 7.42. The monoisotopic (exact) mass is 219 g/mol. The molecule has 0 bridgehead atoms. The van der Waals surface area contributed by atoms with Gasteiger partial charge in [-0.05, 0) is 30.7 Å². The van der Waals surface area contributed by atoms with Gasteiger partial charge >= 0.3 is 0 Å². The molecule has 1 saturated heterocycles. The van der Waals surface area contributed by atoms with Crippen molar-refractivity contribution in [3.05, 3.63) is 24.2 Å². The number of rotatable bonds is 2. The van der Waals surface area contributed by atoms with Crippen LogP contribution in [0.4, 0.5) is 0 Å². The molecule has 3 nitrogen and oxygen atoms in total. The lowest BCUT2D eigenvalue weighted by molar-refractivity contribution is 0.754. The number of imidazole rings is 1. The lowest BCUT2D eigenvalue weighted by Gasteiger charge is -2.03. The van der Waals surface area contributed by atoms with Crippen LogP contribution in [0.2, 0.25) is 0 Å². The molecule has 1 atom stereocenters. The number of pyridine rings is 1. The molecule has 3 rings (SSSR count). The lowest BCUT2D eigenvalue weighted by atomic mass is 10.2. The average molecular weight is 219 g/mol. The van der Waals surface area contributed by atoms with Crippen LogP contribution in [0.5, 0.6) is 0 Å². The molecule has 0 spiro atoms. The first kappa shape index (κ1) is 9.21. The van der Waals surface area contributed by atoms with E-state index in [9.17, 15) is 0 Å². The van der Waals surface area contributed by atoms with Crippen LogP contribution in [0.25, 0.3) is 11.2 Å². The molecule has 2 aromatic rings. The molecule has 4 heteroatoms. The highest BCUT2D eigenvalue weighted by Crippen LogP contribution is 2.28. The number of aromatic nitrogens is 3. The van der Waals surface area contributed by atoms with Gasteiger partial charge in [0.1, 0.15) is 5.82 Å². The van der Waals surface area contributed by atoms with Crippen LogP contribution in [0.15, 0.2) is 18.3 Å². The molecule has 0 aliphatic carbocycles. The zero-order valence-electron chi connectivity index (χ0n) is 8.44. The van der Waals surface area contributed by atoms with Gasteiger partial charge in [-0.2, -0.15) is 11.8 Å². The van der Waals surface area contributed by atoms with Crippen molar-refractivity contribution in [2.45, 2.75) is 24.5 Å². The zero-order valence-corrected chi connectivity index (χ0v) is 9.26. The first-order valence-electron chi connectivity index (χ1n) is 5.33. The highest BCUT2D eigenvalue weighted by atomic mass is 32.2. The SMILES string of the molecule is c1cnc2nc(CC3CCCS3)[nH]c2c1. The highest BCUT2D eigenvalue weighted by molar-refractivity contribution is 8.00. The van der Waals surface area contributed by atoms with Crippen LogP contribution >= 0.6 is 11.8 Å². The van der Waals surface area contributed by atoms with E-state index in [1.807, 2.05) is 12.1 Å². The Hall–Kier alpha value is -1.03. The number of H-pyrrole nitrogens is 1. The van der Waals surface area contributed by atoms with Crippen LogP contribution < -0.4 is 0 Å². The number of nitrogens with one attached hydrogen (secondary N) is 1. The van der Waals surface area contributed by atoms with Crippen LogP contribution in [0.1, 0.15) is 18.7 Å². The van der Waals surface area contributed by atoms with E-state index in [1.54, 1.807) is 6.20 Å². The smallest absolute Gasteiger partial charge is 0.177 e. The van der Waals surface area contributed by atoms with Gasteiger partial charge in [-0.15, -0.1) is 0 Å². The summed E-state index contributed by atoms with van der Waals surface area (Å²) in [5.41, 5.74) is 1.89. The molecule has 1 N–H and O–H groups in total. The molecular formula is C11H13N3S. The Balaban J connectivity index is 1.84. The van der Waals surface area contributed by atoms with Gasteiger partial charge in [0.05, 0.1) is 5.52 Å². The molecule has 0 radical (unpaired) electrons. The maximum Gasteiger partial charge on any atom is 0.177 e. The van der Waals surface area contributed by atoms with E-state index in [1.165, 1.54) is 18.6 Å². The number of thioether (sulfide) groups is 1. The van der Waals surface area contributed by atoms with Crippen molar-refractivity contribution in [3.8, 4) is 0 Å². The number of nitrogens with zero attached hydrogens (tertiary/aromatic N) is 2. The molecule has 1 aliphatic rings. The molecule has 1 aliphatic heterocycles. The fourth-order valence-electron chi connectivity index (χ4n) is 2.01. The standard InChI is InChI=1S/C11H13N3S/c1-4-9-11(12-5-1)14-10(13-9)7-8-3-2-6-15-8/h1,4-5,8H,2-3,6-7H2,(H,12,13,14). The Labute approximate surface area is 92.7 Å². The minimum atomic E-state index is 0.755. The predicted octanol–water partition coefficient (Wildman–Crippen LogP) is 2.40. The third kappa shape index (κ3) is 1.86. The molecule has 0 aromatic carbocycles. The molecule has 3 heterocycles. The van der Waals surface area contributed by atoms with Crippen molar-refractivity contribution in [1.29, 1.82) is 0 Å². The van der Waals surface area contributed by atoms with Crippen molar-refractivity contribution in [3.63, 3.8) is 0 Å². The maximum absolute atomic E-state index is 4.50. The fourth-order valence-corrected chi connectivity index (χ4v) is 3.29. The second-order valence-corrected chi connectivity index (χ2v) is 5.31. The van der Waals surface area contributed by atoms with Gasteiger partial charge in [0.25, 0.3) is 0 Å².